The van der Waals surface area contributed by atoms with Crippen LogP contribution in [0.3, 0.4) is 0 Å². The molecular formula is C14H15BrClNOS. The first-order chi connectivity index (χ1) is 9.15. The van der Waals surface area contributed by atoms with E-state index in [0.717, 1.165) is 22.3 Å². The number of benzene rings is 1. The van der Waals surface area contributed by atoms with Crippen molar-refractivity contribution in [1.29, 1.82) is 0 Å². The Labute approximate surface area is 130 Å². The fraction of sp³-hybridized carbons (Fsp3) is 0.286. The van der Waals surface area contributed by atoms with Gasteiger partial charge in [0.15, 0.2) is 5.75 Å². The minimum absolute atomic E-state index is 0.263. The first kappa shape index (κ1) is 14.7. The minimum atomic E-state index is 0.263. The zero-order chi connectivity index (χ0) is 13.8. The van der Waals surface area contributed by atoms with Gasteiger partial charge in [-0.05, 0) is 45.9 Å². The van der Waals surface area contributed by atoms with E-state index >= 15 is 0 Å². The molecule has 0 bridgehead atoms. The molecule has 102 valence electrons. The van der Waals surface area contributed by atoms with Gasteiger partial charge in [-0.25, -0.2) is 0 Å². The van der Waals surface area contributed by atoms with Gasteiger partial charge >= 0.3 is 0 Å². The summed E-state index contributed by atoms with van der Waals surface area (Å²) in [6.07, 6.45) is 0.994. The van der Waals surface area contributed by atoms with Crippen molar-refractivity contribution < 1.29 is 4.74 Å². The molecule has 1 N–H and O–H groups in total. The molecule has 5 heteroatoms. The lowest BCUT2D eigenvalue weighted by molar-refractivity contribution is 0.413. The summed E-state index contributed by atoms with van der Waals surface area (Å²) in [6, 6.07) is 8.19. The van der Waals surface area contributed by atoms with Crippen molar-refractivity contribution in [3.05, 3.63) is 44.0 Å². The van der Waals surface area contributed by atoms with E-state index in [4.69, 9.17) is 16.3 Å². The molecule has 19 heavy (non-hydrogen) atoms. The van der Waals surface area contributed by atoms with Gasteiger partial charge in [0, 0.05) is 9.90 Å². The van der Waals surface area contributed by atoms with Crippen molar-refractivity contribution >= 4 is 44.6 Å². The Morgan fingerprint density at radius 2 is 2.26 bits per heavy atom. The Balaban J connectivity index is 2.31. The summed E-state index contributed by atoms with van der Waals surface area (Å²) in [5.74, 6) is 0.777. The second-order valence-corrected chi connectivity index (χ2v) is 6.36. The highest BCUT2D eigenvalue weighted by Gasteiger charge is 2.15. The summed E-state index contributed by atoms with van der Waals surface area (Å²) in [5.41, 5.74) is 0.905. The molecule has 0 aliphatic heterocycles. The third kappa shape index (κ3) is 3.44. The van der Waals surface area contributed by atoms with E-state index in [0.29, 0.717) is 5.02 Å². The van der Waals surface area contributed by atoms with Gasteiger partial charge in [0.1, 0.15) is 0 Å². The second-order valence-electron chi connectivity index (χ2n) is 4.09. The molecule has 2 rings (SSSR count). The van der Waals surface area contributed by atoms with Gasteiger partial charge in [-0.1, -0.05) is 24.6 Å². The summed E-state index contributed by atoms with van der Waals surface area (Å²) in [6.45, 7) is 2.16. The van der Waals surface area contributed by atoms with Crippen LogP contribution in [0.5, 0.6) is 5.75 Å². The Hall–Kier alpha value is -0.710. The maximum absolute atomic E-state index is 6.11. The molecule has 1 aromatic carbocycles. The zero-order valence-electron chi connectivity index (χ0n) is 10.7. The fourth-order valence-corrected chi connectivity index (χ4v) is 3.76. The molecule has 0 aliphatic carbocycles. The Kier molecular flexibility index (Phi) is 5.13. The van der Waals surface area contributed by atoms with Gasteiger partial charge in [0.05, 0.1) is 23.3 Å². The predicted octanol–water partition coefficient (Wildman–Crippen LogP) is 5.74. The van der Waals surface area contributed by atoms with Crippen LogP contribution in [0, 0.1) is 0 Å². The molecule has 2 aromatic rings. The lowest BCUT2D eigenvalue weighted by Crippen LogP contribution is -2.09. The molecule has 1 atom stereocenters. The van der Waals surface area contributed by atoms with Crippen molar-refractivity contribution in [2.45, 2.75) is 19.4 Å². The molecule has 1 aromatic heterocycles. The van der Waals surface area contributed by atoms with Crippen LogP contribution in [0.15, 0.2) is 34.1 Å². The van der Waals surface area contributed by atoms with Crippen molar-refractivity contribution in [3.63, 3.8) is 0 Å². The van der Waals surface area contributed by atoms with Gasteiger partial charge in [0.2, 0.25) is 0 Å². The smallest absolute Gasteiger partial charge is 0.156 e. The predicted molar refractivity (Wildman–Crippen MR) is 86.7 cm³/mol. The van der Waals surface area contributed by atoms with E-state index in [1.165, 1.54) is 4.88 Å². The van der Waals surface area contributed by atoms with Gasteiger partial charge in [-0.2, -0.15) is 0 Å². The minimum Gasteiger partial charge on any atom is -0.493 e. The molecule has 1 unspecified atom stereocenters. The van der Waals surface area contributed by atoms with Crippen molar-refractivity contribution in [2.75, 3.05) is 12.4 Å². The van der Waals surface area contributed by atoms with E-state index in [2.05, 4.69) is 45.7 Å². The summed E-state index contributed by atoms with van der Waals surface area (Å²) < 4.78 is 6.28. The molecule has 2 nitrogen and oxygen atoms in total. The zero-order valence-corrected chi connectivity index (χ0v) is 13.9. The molecule has 0 aliphatic rings. The van der Waals surface area contributed by atoms with Crippen molar-refractivity contribution in [1.82, 2.24) is 0 Å². The number of halogens is 2. The van der Waals surface area contributed by atoms with Crippen LogP contribution in [-0.2, 0) is 0 Å². The highest BCUT2D eigenvalue weighted by atomic mass is 79.9. The lowest BCUT2D eigenvalue weighted by atomic mass is 10.1. The monoisotopic (exact) mass is 359 g/mol. The molecule has 0 radical (unpaired) electrons. The Morgan fingerprint density at radius 1 is 1.47 bits per heavy atom. The molecule has 0 fully saturated rings. The molecule has 1 heterocycles. The van der Waals surface area contributed by atoms with E-state index < -0.39 is 0 Å². The molecule has 0 saturated carbocycles. The number of anilines is 1. The quantitative estimate of drug-likeness (QED) is 0.734. The van der Waals surface area contributed by atoms with Crippen molar-refractivity contribution in [2.24, 2.45) is 0 Å². The van der Waals surface area contributed by atoms with Crippen LogP contribution in [0.25, 0.3) is 0 Å². The van der Waals surface area contributed by atoms with E-state index in [9.17, 15) is 0 Å². The fourth-order valence-electron chi connectivity index (χ4n) is 1.93. The van der Waals surface area contributed by atoms with Crippen molar-refractivity contribution in [3.8, 4) is 5.75 Å². The van der Waals surface area contributed by atoms with Crippen LogP contribution in [0.4, 0.5) is 5.69 Å². The van der Waals surface area contributed by atoms with Crippen LogP contribution < -0.4 is 10.1 Å². The topological polar surface area (TPSA) is 21.3 Å². The molecule has 0 spiro atoms. The number of thiophene rings is 1. The maximum atomic E-state index is 6.11. The summed E-state index contributed by atoms with van der Waals surface area (Å²) in [5, 5.41) is 6.27. The number of nitrogens with one attached hydrogen (secondary N) is 1. The first-order valence-corrected chi connectivity index (χ1v) is 8.03. The Bertz CT molecular complexity index is 545. The van der Waals surface area contributed by atoms with E-state index in [1.54, 1.807) is 18.4 Å². The van der Waals surface area contributed by atoms with Crippen LogP contribution in [-0.4, -0.2) is 7.11 Å². The SMILES string of the molecule is CCC(Nc1cc(Cl)cc(Br)c1OC)c1cccs1. The standard InChI is InChI=1S/C14H15BrClNOS/c1-3-11(13-5-4-6-19-13)17-12-8-9(16)7-10(15)14(12)18-2/h4-8,11,17H,3H2,1-2H3. The van der Waals surface area contributed by atoms with E-state index in [-0.39, 0.29) is 6.04 Å². The van der Waals surface area contributed by atoms with E-state index in [1.807, 2.05) is 12.1 Å². The summed E-state index contributed by atoms with van der Waals surface area (Å²) >= 11 is 11.3. The average molecular weight is 361 g/mol. The molecular weight excluding hydrogens is 346 g/mol. The van der Waals surface area contributed by atoms with Gasteiger partial charge < -0.3 is 10.1 Å². The van der Waals surface area contributed by atoms with Gasteiger partial charge in [-0.15, -0.1) is 11.3 Å². The number of methoxy groups -OCH3 is 1. The van der Waals surface area contributed by atoms with Gasteiger partial charge in [0.25, 0.3) is 0 Å². The van der Waals surface area contributed by atoms with Gasteiger partial charge in [-0.3, -0.25) is 0 Å². The third-order valence-electron chi connectivity index (χ3n) is 2.84. The summed E-state index contributed by atoms with van der Waals surface area (Å²) in [7, 11) is 1.66. The average Bonchev–Trinajstić information content (AvgIpc) is 2.89. The largest absolute Gasteiger partial charge is 0.493 e. The number of ether oxygens (including phenoxy) is 1. The van der Waals surface area contributed by atoms with Crippen LogP contribution in [0.2, 0.25) is 5.02 Å². The first-order valence-electron chi connectivity index (χ1n) is 5.98. The van der Waals surface area contributed by atoms with Crippen LogP contribution in [0.1, 0.15) is 24.3 Å². The molecule has 0 saturated heterocycles. The molecule has 0 amide bonds. The highest BCUT2D eigenvalue weighted by Crippen LogP contribution is 2.38. The Morgan fingerprint density at radius 3 is 2.84 bits per heavy atom. The van der Waals surface area contributed by atoms with Crippen LogP contribution >= 0.6 is 38.9 Å². The summed E-state index contributed by atoms with van der Waals surface area (Å²) in [4.78, 5) is 1.31. The number of hydrogen-bond donors (Lipinski definition) is 1. The normalized spacial score (nSPS) is 12.2. The number of rotatable bonds is 5. The second kappa shape index (κ2) is 6.64. The maximum Gasteiger partial charge on any atom is 0.156 e. The third-order valence-corrected chi connectivity index (χ3v) is 4.63. The lowest BCUT2D eigenvalue weighted by Gasteiger charge is -2.20. The number of hydrogen-bond acceptors (Lipinski definition) is 3. The highest BCUT2D eigenvalue weighted by molar-refractivity contribution is 9.10.